The second-order valence-electron chi connectivity index (χ2n) is 11.9. The van der Waals surface area contributed by atoms with Gasteiger partial charge in [-0.1, -0.05) is 66.7 Å². The fourth-order valence-corrected chi connectivity index (χ4v) is 6.15. The van der Waals surface area contributed by atoms with Gasteiger partial charge >= 0.3 is 0 Å². The second kappa shape index (κ2) is 15.0. The Morgan fingerprint density at radius 1 is 0.915 bits per heavy atom. The normalized spacial score (nSPS) is 21.3. The van der Waals surface area contributed by atoms with Crippen LogP contribution in [0.15, 0.2) is 78.9 Å². The molecule has 12 heteroatoms. The molecule has 0 spiro atoms. The molecule has 0 saturated carbocycles. The molecule has 2 aliphatic rings. The van der Waals surface area contributed by atoms with E-state index in [1.54, 1.807) is 24.3 Å². The van der Waals surface area contributed by atoms with Gasteiger partial charge in [-0.2, -0.15) is 0 Å². The first-order valence-corrected chi connectivity index (χ1v) is 15.8. The minimum atomic E-state index is -1.35. The van der Waals surface area contributed by atoms with Crippen molar-refractivity contribution in [1.29, 1.82) is 0 Å². The standard InChI is InChI=1S/C35H40N6O6/c36-18-4-8-29-33(45)39-31(25-14-12-24(13-15-25)23-6-2-1-3-7-23)35(47)40-19-5-9-28(40)32(44)38-21-30(43)41(29)34(46)27(37)20-22-10-16-26(42)17-11-22/h1-3,6-7,10-17,27-29,31,42H,4-5,8-9,18-21,36-37H2,(H,38,44)(H,39,45)/t27-,28+,29+,31+/m0/s1. The fraction of sp³-hybridized carbons (Fsp3) is 0.343. The third kappa shape index (κ3) is 7.67. The number of aromatic hydroxyl groups is 1. The van der Waals surface area contributed by atoms with Crippen LogP contribution in [0, 0.1) is 0 Å². The highest BCUT2D eigenvalue weighted by atomic mass is 16.3. The molecule has 47 heavy (non-hydrogen) atoms. The van der Waals surface area contributed by atoms with Crippen LogP contribution in [-0.4, -0.2) is 82.2 Å². The van der Waals surface area contributed by atoms with Crippen LogP contribution in [0.1, 0.15) is 42.9 Å². The Hall–Kier alpha value is -5.07. The highest BCUT2D eigenvalue weighted by molar-refractivity contribution is 6.05. The van der Waals surface area contributed by atoms with Crippen molar-refractivity contribution in [3.8, 4) is 16.9 Å². The second-order valence-corrected chi connectivity index (χ2v) is 11.9. The van der Waals surface area contributed by atoms with E-state index < -0.39 is 60.2 Å². The van der Waals surface area contributed by atoms with Crippen LogP contribution in [0.5, 0.6) is 5.75 Å². The van der Waals surface area contributed by atoms with Gasteiger partial charge in [-0.3, -0.25) is 28.9 Å². The Balaban J connectivity index is 1.51. The average molecular weight is 641 g/mol. The number of phenols is 1. The number of rotatable bonds is 8. The maximum absolute atomic E-state index is 14.2. The van der Waals surface area contributed by atoms with Crippen molar-refractivity contribution in [3.05, 3.63) is 90.0 Å². The number of benzene rings is 3. The summed E-state index contributed by atoms with van der Waals surface area (Å²) < 4.78 is 0. The quantitative estimate of drug-likeness (QED) is 0.244. The summed E-state index contributed by atoms with van der Waals surface area (Å²) in [6.07, 6.45) is 1.28. The molecule has 0 radical (unpaired) electrons. The van der Waals surface area contributed by atoms with Gasteiger partial charge in [-0.15, -0.1) is 0 Å². The van der Waals surface area contributed by atoms with Crippen molar-refractivity contribution in [2.24, 2.45) is 11.5 Å². The van der Waals surface area contributed by atoms with Gasteiger partial charge in [0.1, 0.15) is 23.9 Å². The molecule has 2 aliphatic heterocycles. The summed E-state index contributed by atoms with van der Waals surface area (Å²) in [4.78, 5) is 71.5. The van der Waals surface area contributed by atoms with E-state index in [2.05, 4.69) is 10.6 Å². The Morgan fingerprint density at radius 2 is 1.60 bits per heavy atom. The lowest BCUT2D eigenvalue weighted by Gasteiger charge is -2.35. The van der Waals surface area contributed by atoms with E-state index in [1.807, 2.05) is 42.5 Å². The molecule has 3 aromatic rings. The van der Waals surface area contributed by atoms with E-state index in [1.165, 1.54) is 17.0 Å². The molecule has 0 aliphatic carbocycles. The number of amides is 5. The van der Waals surface area contributed by atoms with E-state index in [-0.39, 0.29) is 31.6 Å². The summed E-state index contributed by atoms with van der Waals surface area (Å²) in [5, 5.41) is 15.1. The first kappa shape index (κ1) is 33.3. The minimum absolute atomic E-state index is 0.0138. The first-order valence-electron chi connectivity index (χ1n) is 15.8. The molecule has 246 valence electrons. The van der Waals surface area contributed by atoms with E-state index in [0.717, 1.165) is 16.0 Å². The smallest absolute Gasteiger partial charge is 0.250 e. The van der Waals surface area contributed by atoms with Crippen LogP contribution in [0.2, 0.25) is 0 Å². The molecule has 2 fully saturated rings. The summed E-state index contributed by atoms with van der Waals surface area (Å²) in [6, 6.07) is 18.4. The highest BCUT2D eigenvalue weighted by Gasteiger charge is 2.43. The van der Waals surface area contributed by atoms with Gasteiger partial charge in [-0.05, 0) is 73.0 Å². The van der Waals surface area contributed by atoms with Gasteiger partial charge in [0, 0.05) is 6.54 Å². The Morgan fingerprint density at radius 3 is 2.28 bits per heavy atom. The van der Waals surface area contributed by atoms with Crippen molar-refractivity contribution < 1.29 is 29.1 Å². The molecule has 5 amide bonds. The molecular weight excluding hydrogens is 600 g/mol. The predicted molar refractivity (Wildman–Crippen MR) is 174 cm³/mol. The van der Waals surface area contributed by atoms with Crippen LogP contribution in [0.3, 0.4) is 0 Å². The Bertz CT molecular complexity index is 1600. The lowest BCUT2D eigenvalue weighted by molar-refractivity contribution is -0.154. The molecule has 12 nitrogen and oxygen atoms in total. The lowest BCUT2D eigenvalue weighted by Crippen LogP contribution is -2.61. The van der Waals surface area contributed by atoms with Crippen molar-refractivity contribution in [3.63, 3.8) is 0 Å². The number of nitrogens with one attached hydrogen (secondary N) is 2. The molecule has 0 bridgehead atoms. The maximum atomic E-state index is 14.2. The molecule has 0 aromatic heterocycles. The van der Waals surface area contributed by atoms with Gasteiger partial charge < -0.3 is 32.1 Å². The average Bonchev–Trinajstić information content (AvgIpc) is 3.58. The van der Waals surface area contributed by atoms with Crippen LogP contribution in [0.4, 0.5) is 0 Å². The number of phenolic OH excluding ortho intramolecular Hbond substituents is 1. The molecule has 3 aromatic carbocycles. The molecule has 4 atom stereocenters. The lowest BCUT2D eigenvalue weighted by atomic mass is 9.98. The van der Waals surface area contributed by atoms with Crippen LogP contribution >= 0.6 is 0 Å². The summed E-state index contributed by atoms with van der Waals surface area (Å²) in [6.45, 7) is -0.0759. The molecule has 2 saturated heterocycles. The number of hydrogen-bond acceptors (Lipinski definition) is 8. The van der Waals surface area contributed by atoms with Gasteiger partial charge in [0.25, 0.3) is 0 Å². The molecule has 0 unspecified atom stereocenters. The monoisotopic (exact) mass is 640 g/mol. The number of carbonyl (C=O) groups excluding carboxylic acids is 5. The number of carbonyl (C=O) groups is 5. The molecule has 2 heterocycles. The third-order valence-corrected chi connectivity index (χ3v) is 8.65. The van der Waals surface area contributed by atoms with Crippen LogP contribution in [-0.2, 0) is 30.4 Å². The number of nitrogens with zero attached hydrogens (tertiary/aromatic N) is 2. The van der Waals surface area contributed by atoms with Gasteiger partial charge in [-0.25, -0.2) is 0 Å². The maximum Gasteiger partial charge on any atom is 0.250 e. The highest BCUT2D eigenvalue weighted by Crippen LogP contribution is 2.27. The number of nitrogens with two attached hydrogens (primary N) is 2. The zero-order valence-electron chi connectivity index (χ0n) is 26.0. The summed E-state index contributed by atoms with van der Waals surface area (Å²) in [5.74, 6) is -3.28. The van der Waals surface area contributed by atoms with Crippen molar-refractivity contribution in [2.75, 3.05) is 19.6 Å². The van der Waals surface area contributed by atoms with Crippen molar-refractivity contribution in [2.45, 2.75) is 56.3 Å². The van der Waals surface area contributed by atoms with Crippen molar-refractivity contribution >= 4 is 29.5 Å². The van der Waals surface area contributed by atoms with Gasteiger partial charge in [0.15, 0.2) is 0 Å². The van der Waals surface area contributed by atoms with Crippen molar-refractivity contribution in [1.82, 2.24) is 20.4 Å². The Kier molecular flexibility index (Phi) is 10.6. The Labute approximate surface area is 273 Å². The summed E-state index contributed by atoms with van der Waals surface area (Å²) in [7, 11) is 0. The van der Waals surface area contributed by atoms with Gasteiger partial charge in [0.2, 0.25) is 29.5 Å². The zero-order chi connectivity index (χ0) is 33.5. The van der Waals surface area contributed by atoms with E-state index >= 15 is 0 Å². The van der Waals surface area contributed by atoms with Crippen LogP contribution in [0.25, 0.3) is 11.1 Å². The van der Waals surface area contributed by atoms with E-state index in [0.29, 0.717) is 30.5 Å². The minimum Gasteiger partial charge on any atom is -0.508 e. The predicted octanol–water partition coefficient (Wildman–Crippen LogP) is 1.37. The number of fused-ring (bicyclic) bond motifs is 1. The first-order chi connectivity index (χ1) is 22.7. The zero-order valence-corrected chi connectivity index (χ0v) is 26.0. The fourth-order valence-electron chi connectivity index (χ4n) is 6.15. The summed E-state index contributed by atoms with van der Waals surface area (Å²) >= 11 is 0. The molecule has 5 rings (SSSR count). The van der Waals surface area contributed by atoms with Gasteiger partial charge in [0.05, 0.1) is 12.6 Å². The molecular formula is C35H40N6O6. The van der Waals surface area contributed by atoms with E-state index in [4.69, 9.17) is 11.5 Å². The molecule has 7 N–H and O–H groups in total. The SMILES string of the molecule is NCCC[C@@H]1C(=O)N[C@H](c2ccc(-c3ccccc3)cc2)C(=O)N2CCC[C@@H]2C(=O)NCC(=O)N1C(=O)[C@@H](N)Cc1ccc(O)cc1. The van der Waals surface area contributed by atoms with E-state index in [9.17, 15) is 29.1 Å². The third-order valence-electron chi connectivity index (χ3n) is 8.65. The van der Waals surface area contributed by atoms with Crippen LogP contribution < -0.4 is 22.1 Å². The largest absolute Gasteiger partial charge is 0.508 e. The number of imide groups is 1. The summed E-state index contributed by atoms with van der Waals surface area (Å²) in [5.41, 5.74) is 15.1. The topological polar surface area (TPSA) is 188 Å². The number of hydrogen-bond donors (Lipinski definition) is 5.